The minimum Gasteiger partial charge on any atom is -0.488 e. The molecule has 0 aliphatic carbocycles. The Morgan fingerprint density at radius 1 is 1.19 bits per heavy atom. The zero-order valence-electron chi connectivity index (χ0n) is 17.2. The van der Waals surface area contributed by atoms with Crippen LogP contribution in [0.15, 0.2) is 76.6 Å². The molecule has 5 rings (SSSR count). The van der Waals surface area contributed by atoms with E-state index < -0.39 is 0 Å². The summed E-state index contributed by atoms with van der Waals surface area (Å²) < 4.78 is 12.5. The highest BCUT2D eigenvalue weighted by atomic mass is 79.9. The normalized spacial score (nSPS) is 15.2. The molecule has 32 heavy (non-hydrogen) atoms. The molecule has 0 amide bonds. The summed E-state index contributed by atoms with van der Waals surface area (Å²) in [5.74, 6) is 0.819. The van der Waals surface area contributed by atoms with Crippen molar-refractivity contribution in [1.82, 2.24) is 10.2 Å². The van der Waals surface area contributed by atoms with Crippen molar-refractivity contribution < 1.29 is 9.47 Å². The van der Waals surface area contributed by atoms with Gasteiger partial charge >= 0.3 is 0 Å². The predicted octanol–water partition coefficient (Wildman–Crippen LogP) is 5.43. The quantitative estimate of drug-likeness (QED) is 0.400. The lowest BCUT2D eigenvalue weighted by Gasteiger charge is -2.24. The van der Waals surface area contributed by atoms with Gasteiger partial charge in [0.05, 0.1) is 10.4 Å². The van der Waals surface area contributed by atoms with Crippen molar-refractivity contribution in [2.45, 2.75) is 19.4 Å². The molecule has 2 heterocycles. The fraction of sp³-hybridized carbons (Fsp3) is 0.120. The van der Waals surface area contributed by atoms with E-state index in [1.807, 2.05) is 43.3 Å². The van der Waals surface area contributed by atoms with E-state index in [0.717, 1.165) is 26.9 Å². The van der Waals surface area contributed by atoms with Crippen LogP contribution < -0.4 is 15.2 Å². The number of nitrogens with zero attached hydrogens (tertiary/aromatic N) is 2. The topological polar surface area (TPSA) is 97.0 Å². The number of benzene rings is 3. The summed E-state index contributed by atoms with van der Waals surface area (Å²) in [5, 5.41) is 19.2. The number of aromatic amines is 1. The summed E-state index contributed by atoms with van der Waals surface area (Å²) in [6.07, 6.45) is 0. The van der Waals surface area contributed by atoms with Gasteiger partial charge in [-0.05, 0) is 56.9 Å². The monoisotopic (exact) mass is 486 g/mol. The molecule has 7 heteroatoms. The van der Waals surface area contributed by atoms with Crippen LogP contribution in [0.2, 0.25) is 0 Å². The number of nitrogens with two attached hydrogens (primary N) is 1. The van der Waals surface area contributed by atoms with E-state index in [4.69, 9.17) is 15.2 Å². The average Bonchev–Trinajstić information content (AvgIpc) is 3.17. The van der Waals surface area contributed by atoms with Crippen molar-refractivity contribution in [3.63, 3.8) is 0 Å². The first-order valence-corrected chi connectivity index (χ1v) is 10.9. The number of hydrogen-bond acceptors (Lipinski definition) is 5. The van der Waals surface area contributed by atoms with E-state index in [0.29, 0.717) is 23.8 Å². The van der Waals surface area contributed by atoms with Crippen molar-refractivity contribution in [3.8, 4) is 17.7 Å². The number of ether oxygens (including phenoxy) is 2. The molecule has 0 fully saturated rings. The smallest absolute Gasteiger partial charge is 0.244 e. The maximum absolute atomic E-state index is 9.73. The first kappa shape index (κ1) is 20.2. The minimum absolute atomic E-state index is 0.0731. The van der Waals surface area contributed by atoms with Crippen molar-refractivity contribution in [2.75, 3.05) is 0 Å². The number of aryl methyl sites for hydroxylation is 1. The third-order valence-corrected chi connectivity index (χ3v) is 6.30. The third kappa shape index (κ3) is 3.39. The fourth-order valence-electron chi connectivity index (χ4n) is 4.12. The van der Waals surface area contributed by atoms with E-state index in [2.05, 4.69) is 56.5 Å². The molecule has 0 saturated carbocycles. The number of hydrogen-bond donors (Lipinski definition) is 2. The van der Waals surface area contributed by atoms with Crippen LogP contribution in [0.25, 0.3) is 10.8 Å². The molecular formula is C25H19BrN4O2. The third-order valence-electron chi connectivity index (χ3n) is 5.68. The SMILES string of the molecule is Cc1[nH]nc2c1[C@@H](c1ccc(OCc3cccc4ccccc34)c(Br)c1)C(C#N)=C(N)O2. The molecule has 1 aliphatic rings. The van der Waals surface area contributed by atoms with Crippen LogP contribution in [0.3, 0.4) is 0 Å². The minimum atomic E-state index is -0.370. The Morgan fingerprint density at radius 3 is 2.81 bits per heavy atom. The van der Waals surface area contributed by atoms with Gasteiger partial charge in [-0.15, -0.1) is 5.10 Å². The van der Waals surface area contributed by atoms with Crippen LogP contribution in [0, 0.1) is 18.3 Å². The van der Waals surface area contributed by atoms with Gasteiger partial charge in [0.25, 0.3) is 0 Å². The molecule has 0 unspecified atom stereocenters. The largest absolute Gasteiger partial charge is 0.488 e. The summed E-state index contributed by atoms with van der Waals surface area (Å²) in [7, 11) is 0. The molecular weight excluding hydrogens is 468 g/mol. The lowest BCUT2D eigenvalue weighted by molar-refractivity contribution is 0.305. The Morgan fingerprint density at radius 2 is 2.00 bits per heavy atom. The van der Waals surface area contributed by atoms with Crippen molar-refractivity contribution in [2.24, 2.45) is 5.73 Å². The van der Waals surface area contributed by atoms with Crippen molar-refractivity contribution in [1.29, 1.82) is 5.26 Å². The Bertz CT molecular complexity index is 1410. The summed E-state index contributed by atoms with van der Waals surface area (Å²) in [6, 6.07) is 22.5. The van der Waals surface area contributed by atoms with Gasteiger partial charge in [0, 0.05) is 11.3 Å². The van der Waals surface area contributed by atoms with Gasteiger partial charge in [0.2, 0.25) is 11.8 Å². The average molecular weight is 487 g/mol. The van der Waals surface area contributed by atoms with Gasteiger partial charge in [0.15, 0.2) is 0 Å². The maximum atomic E-state index is 9.73. The number of nitriles is 1. The molecule has 0 bridgehead atoms. The van der Waals surface area contributed by atoms with E-state index in [1.165, 1.54) is 10.8 Å². The van der Waals surface area contributed by atoms with Gasteiger partial charge in [-0.2, -0.15) is 5.26 Å². The van der Waals surface area contributed by atoms with Crippen LogP contribution in [-0.4, -0.2) is 10.2 Å². The maximum Gasteiger partial charge on any atom is 0.244 e. The number of nitrogens with one attached hydrogen (secondary N) is 1. The number of aromatic nitrogens is 2. The summed E-state index contributed by atoms with van der Waals surface area (Å²) in [5.41, 5.74) is 10.0. The predicted molar refractivity (Wildman–Crippen MR) is 125 cm³/mol. The Balaban J connectivity index is 1.46. The van der Waals surface area contributed by atoms with E-state index in [1.54, 1.807) is 0 Å². The Hall–Kier alpha value is -3.76. The second kappa shape index (κ2) is 8.06. The van der Waals surface area contributed by atoms with Crippen LogP contribution >= 0.6 is 15.9 Å². The molecule has 1 aromatic heterocycles. The van der Waals surface area contributed by atoms with Gasteiger partial charge in [-0.1, -0.05) is 48.5 Å². The number of halogens is 1. The summed E-state index contributed by atoms with van der Waals surface area (Å²) in [6.45, 7) is 2.34. The second-order valence-electron chi connectivity index (χ2n) is 7.61. The lowest BCUT2D eigenvalue weighted by Crippen LogP contribution is -2.21. The summed E-state index contributed by atoms with van der Waals surface area (Å²) >= 11 is 3.63. The number of allylic oxidation sites excluding steroid dienone is 1. The van der Waals surface area contributed by atoms with Gasteiger partial charge in [-0.25, -0.2) is 0 Å². The van der Waals surface area contributed by atoms with E-state index in [-0.39, 0.29) is 11.8 Å². The number of fused-ring (bicyclic) bond motifs is 2. The molecule has 1 atom stereocenters. The highest BCUT2D eigenvalue weighted by Crippen LogP contribution is 2.44. The number of rotatable bonds is 4. The Labute approximate surface area is 193 Å². The first-order chi connectivity index (χ1) is 15.6. The molecule has 158 valence electrons. The fourth-order valence-corrected chi connectivity index (χ4v) is 4.63. The van der Waals surface area contributed by atoms with Gasteiger partial charge in [-0.3, -0.25) is 5.10 Å². The van der Waals surface area contributed by atoms with Crippen LogP contribution in [-0.2, 0) is 6.61 Å². The molecule has 1 aliphatic heterocycles. The van der Waals surface area contributed by atoms with E-state index >= 15 is 0 Å². The number of H-pyrrole nitrogens is 1. The highest BCUT2D eigenvalue weighted by molar-refractivity contribution is 9.10. The van der Waals surface area contributed by atoms with Gasteiger partial charge < -0.3 is 15.2 Å². The molecule has 4 aromatic rings. The zero-order chi connectivity index (χ0) is 22.2. The Kier molecular flexibility index (Phi) is 5.08. The molecule has 0 spiro atoms. The zero-order valence-corrected chi connectivity index (χ0v) is 18.8. The molecule has 0 radical (unpaired) electrons. The van der Waals surface area contributed by atoms with E-state index in [9.17, 15) is 5.26 Å². The molecule has 0 saturated heterocycles. The van der Waals surface area contributed by atoms with Crippen molar-refractivity contribution >= 4 is 26.7 Å². The standard InChI is InChI=1S/C25H19BrN4O2/c1-14-22-23(19(12-27)24(28)32-25(22)30-29-14)16-9-10-21(20(26)11-16)31-13-17-7-4-6-15-5-2-3-8-18(15)17/h2-11,23H,13,28H2,1H3,(H,29,30)/t23-/m0/s1. The molecule has 3 aromatic carbocycles. The molecule has 3 N–H and O–H groups in total. The first-order valence-electron chi connectivity index (χ1n) is 10.1. The van der Waals surface area contributed by atoms with Crippen LogP contribution in [0.1, 0.15) is 28.3 Å². The lowest BCUT2D eigenvalue weighted by atomic mass is 9.84. The van der Waals surface area contributed by atoms with Gasteiger partial charge in [0.1, 0.15) is 24.0 Å². The second-order valence-corrected chi connectivity index (χ2v) is 8.46. The van der Waals surface area contributed by atoms with Crippen molar-refractivity contribution in [3.05, 3.63) is 99.0 Å². The summed E-state index contributed by atoms with van der Waals surface area (Å²) in [4.78, 5) is 0. The molecule has 6 nitrogen and oxygen atoms in total. The highest BCUT2D eigenvalue weighted by Gasteiger charge is 2.34. The van der Waals surface area contributed by atoms with Crippen LogP contribution in [0.5, 0.6) is 11.6 Å². The van der Waals surface area contributed by atoms with Crippen LogP contribution in [0.4, 0.5) is 0 Å².